The zero-order valence-corrected chi connectivity index (χ0v) is 8.77. The van der Waals surface area contributed by atoms with Crippen LogP contribution in [0.3, 0.4) is 0 Å². The second-order valence-electron chi connectivity index (χ2n) is 2.71. The third-order valence-electron chi connectivity index (χ3n) is 1.87. The summed E-state index contributed by atoms with van der Waals surface area (Å²) >= 11 is 3.42. The fraction of sp³-hybridized carbons (Fsp3) is 0. The predicted molar refractivity (Wildman–Crippen MR) is 56.0 cm³/mol. The summed E-state index contributed by atoms with van der Waals surface area (Å²) in [6.45, 7) is 0. The molecule has 0 bridgehead atoms. The van der Waals surface area contributed by atoms with Gasteiger partial charge in [-0.2, -0.15) is 5.26 Å². The minimum absolute atomic E-state index is 0.525. The fourth-order valence-corrected chi connectivity index (χ4v) is 1.69. The Hall–Kier alpha value is -1.60. The van der Waals surface area contributed by atoms with E-state index >= 15 is 0 Å². The molecule has 0 amide bonds. The van der Waals surface area contributed by atoms with Crippen LogP contribution in [0.4, 0.5) is 0 Å². The maximum atomic E-state index is 8.83. The normalized spacial score (nSPS) is 9.71. The van der Waals surface area contributed by atoms with Gasteiger partial charge in [0.25, 0.3) is 0 Å². The molecule has 0 fully saturated rings. The summed E-state index contributed by atoms with van der Waals surface area (Å²) in [5.74, 6) is 0. The maximum Gasteiger partial charge on any atom is 0.144 e. The average Bonchev–Trinajstić information content (AvgIpc) is 2.66. The van der Waals surface area contributed by atoms with Gasteiger partial charge in [-0.15, -0.1) is 0 Å². The summed E-state index contributed by atoms with van der Waals surface area (Å²) in [6.07, 6.45) is 3.16. The summed E-state index contributed by atoms with van der Waals surface area (Å²) in [7, 11) is 0. The van der Waals surface area contributed by atoms with Gasteiger partial charge in [-0.1, -0.05) is 12.1 Å². The Bertz CT molecular complexity index is 496. The Morgan fingerprint density at radius 3 is 2.86 bits per heavy atom. The second kappa shape index (κ2) is 3.64. The van der Waals surface area contributed by atoms with Crippen molar-refractivity contribution in [1.29, 1.82) is 5.26 Å². The topological polar surface area (TPSA) is 41.6 Å². The molecule has 0 atom stereocenters. The number of rotatable bonds is 1. The number of halogens is 1. The molecule has 0 saturated carbocycles. The molecule has 0 spiro atoms. The van der Waals surface area contributed by atoms with Crippen LogP contribution in [0.1, 0.15) is 5.69 Å². The van der Waals surface area contributed by atoms with Crippen LogP contribution in [-0.4, -0.2) is 9.55 Å². The van der Waals surface area contributed by atoms with Gasteiger partial charge >= 0.3 is 0 Å². The van der Waals surface area contributed by atoms with E-state index < -0.39 is 0 Å². The van der Waals surface area contributed by atoms with Gasteiger partial charge < -0.3 is 0 Å². The van der Waals surface area contributed by atoms with Crippen molar-refractivity contribution in [1.82, 2.24) is 9.55 Å². The molecule has 3 nitrogen and oxygen atoms in total. The highest BCUT2D eigenvalue weighted by atomic mass is 79.9. The first kappa shape index (κ1) is 8.97. The molecule has 2 rings (SSSR count). The molecule has 1 aromatic heterocycles. The van der Waals surface area contributed by atoms with Gasteiger partial charge in [0.15, 0.2) is 0 Å². The molecule has 0 aliphatic heterocycles. The molecule has 4 heteroatoms. The lowest BCUT2D eigenvalue weighted by Gasteiger charge is -2.05. The van der Waals surface area contributed by atoms with Crippen LogP contribution in [0.5, 0.6) is 0 Å². The Labute approximate surface area is 89.8 Å². The molecule has 1 aromatic carbocycles. The summed E-state index contributed by atoms with van der Waals surface area (Å²) in [5.41, 5.74) is 1.44. The van der Waals surface area contributed by atoms with E-state index in [4.69, 9.17) is 5.26 Å². The number of nitriles is 1. The lowest BCUT2D eigenvalue weighted by molar-refractivity contribution is 1.03. The average molecular weight is 248 g/mol. The van der Waals surface area contributed by atoms with E-state index in [9.17, 15) is 0 Å². The summed E-state index contributed by atoms with van der Waals surface area (Å²) in [5, 5.41) is 8.83. The Morgan fingerprint density at radius 2 is 2.14 bits per heavy atom. The first-order valence-electron chi connectivity index (χ1n) is 4.00. The Morgan fingerprint density at radius 1 is 1.36 bits per heavy atom. The molecule has 2 aromatic rings. The highest BCUT2D eigenvalue weighted by Gasteiger charge is 2.05. The molecular formula is C10H6BrN3. The molecule has 0 saturated heterocycles. The highest BCUT2D eigenvalue weighted by Crippen LogP contribution is 2.21. The monoisotopic (exact) mass is 247 g/mol. The largest absolute Gasteiger partial charge is 0.289 e. The maximum absolute atomic E-state index is 8.83. The number of benzene rings is 1. The second-order valence-corrected chi connectivity index (χ2v) is 3.57. The summed E-state index contributed by atoms with van der Waals surface area (Å²) in [6, 6.07) is 9.78. The number of aromatic nitrogens is 2. The van der Waals surface area contributed by atoms with Gasteiger partial charge in [-0.05, 0) is 28.1 Å². The number of hydrogen-bond donors (Lipinski definition) is 0. The first-order valence-corrected chi connectivity index (χ1v) is 4.79. The van der Waals surface area contributed by atoms with Crippen molar-refractivity contribution in [3.63, 3.8) is 0 Å². The van der Waals surface area contributed by atoms with Crippen molar-refractivity contribution in [2.75, 3.05) is 0 Å². The highest BCUT2D eigenvalue weighted by molar-refractivity contribution is 9.10. The summed E-state index contributed by atoms with van der Waals surface area (Å²) < 4.78 is 2.68. The van der Waals surface area contributed by atoms with Crippen molar-refractivity contribution in [2.24, 2.45) is 0 Å². The SMILES string of the molecule is N#Cc1cncn1-c1ccccc1Br. The minimum atomic E-state index is 0.525. The van der Waals surface area contributed by atoms with Crippen LogP contribution >= 0.6 is 15.9 Å². The third-order valence-corrected chi connectivity index (χ3v) is 2.54. The first-order chi connectivity index (χ1) is 6.83. The van der Waals surface area contributed by atoms with Gasteiger partial charge in [0.05, 0.1) is 11.9 Å². The lowest BCUT2D eigenvalue weighted by atomic mass is 10.3. The molecule has 0 N–H and O–H groups in total. The molecule has 0 aliphatic carbocycles. The fourth-order valence-electron chi connectivity index (χ4n) is 1.22. The van der Waals surface area contributed by atoms with Gasteiger partial charge in [0.1, 0.15) is 18.1 Å². The van der Waals surface area contributed by atoms with Crippen LogP contribution in [-0.2, 0) is 0 Å². The molecule has 14 heavy (non-hydrogen) atoms. The quantitative estimate of drug-likeness (QED) is 0.777. The number of nitrogens with zero attached hydrogens (tertiary/aromatic N) is 3. The van der Waals surface area contributed by atoms with Crippen LogP contribution in [0.25, 0.3) is 5.69 Å². The molecule has 0 unspecified atom stereocenters. The zero-order valence-electron chi connectivity index (χ0n) is 7.18. The summed E-state index contributed by atoms with van der Waals surface area (Å²) in [4.78, 5) is 3.93. The van der Waals surface area contributed by atoms with E-state index in [1.54, 1.807) is 17.1 Å². The lowest BCUT2D eigenvalue weighted by Crippen LogP contribution is -1.95. The Kier molecular flexibility index (Phi) is 2.33. The number of imidazole rings is 1. The van der Waals surface area contributed by atoms with E-state index in [0.29, 0.717) is 5.69 Å². The molecule has 0 aliphatic rings. The molecular weight excluding hydrogens is 242 g/mol. The van der Waals surface area contributed by atoms with Crippen LogP contribution in [0.15, 0.2) is 41.3 Å². The molecule has 1 heterocycles. The smallest absolute Gasteiger partial charge is 0.144 e. The predicted octanol–water partition coefficient (Wildman–Crippen LogP) is 2.51. The van der Waals surface area contributed by atoms with Crippen molar-refractivity contribution < 1.29 is 0 Å². The van der Waals surface area contributed by atoms with Crippen molar-refractivity contribution in [2.45, 2.75) is 0 Å². The van der Waals surface area contributed by atoms with Crippen LogP contribution in [0, 0.1) is 11.3 Å². The van der Waals surface area contributed by atoms with Crippen molar-refractivity contribution in [3.8, 4) is 11.8 Å². The minimum Gasteiger partial charge on any atom is -0.289 e. The van der Waals surface area contributed by atoms with Crippen molar-refractivity contribution in [3.05, 3.63) is 47.0 Å². The molecule has 68 valence electrons. The van der Waals surface area contributed by atoms with Crippen LogP contribution in [0.2, 0.25) is 0 Å². The van der Waals surface area contributed by atoms with Gasteiger partial charge in [-0.25, -0.2) is 4.98 Å². The van der Waals surface area contributed by atoms with E-state index in [0.717, 1.165) is 10.2 Å². The van der Waals surface area contributed by atoms with E-state index in [2.05, 4.69) is 27.0 Å². The van der Waals surface area contributed by atoms with Gasteiger partial charge in [-0.3, -0.25) is 4.57 Å². The molecule has 0 radical (unpaired) electrons. The van der Waals surface area contributed by atoms with Crippen molar-refractivity contribution >= 4 is 15.9 Å². The van der Waals surface area contributed by atoms with Gasteiger partial charge in [0, 0.05) is 4.47 Å². The van der Waals surface area contributed by atoms with E-state index in [1.807, 2.05) is 24.3 Å². The Balaban J connectivity index is 2.62. The van der Waals surface area contributed by atoms with Crippen LogP contribution < -0.4 is 0 Å². The zero-order chi connectivity index (χ0) is 9.97. The number of hydrogen-bond acceptors (Lipinski definition) is 2. The van der Waals surface area contributed by atoms with Gasteiger partial charge in [0.2, 0.25) is 0 Å². The third kappa shape index (κ3) is 1.42. The standard InChI is InChI=1S/C10H6BrN3/c11-9-3-1-2-4-10(9)14-7-13-6-8(14)5-12/h1-4,6-7H. The number of para-hydroxylation sites is 1. The van der Waals surface area contributed by atoms with E-state index in [-0.39, 0.29) is 0 Å². The van der Waals surface area contributed by atoms with E-state index in [1.165, 1.54) is 0 Å².